The quantitative estimate of drug-likeness (QED) is 0.485. The minimum absolute atomic E-state index is 0.154. The van der Waals surface area contributed by atoms with Gasteiger partial charge in [0.25, 0.3) is 0 Å². The number of ketones is 1. The molecule has 0 saturated carbocycles. The van der Waals surface area contributed by atoms with Crippen molar-refractivity contribution in [2.24, 2.45) is 5.73 Å². The Labute approximate surface area is 148 Å². The average molecular weight is 355 g/mol. The fraction of sp³-hybridized carbons (Fsp3) is 0.211. The van der Waals surface area contributed by atoms with Gasteiger partial charge in [-0.15, -0.1) is 22.7 Å². The highest BCUT2D eigenvalue weighted by Gasteiger charge is 2.20. The van der Waals surface area contributed by atoms with Crippen LogP contribution in [0.4, 0.5) is 0 Å². The predicted molar refractivity (Wildman–Crippen MR) is 104 cm³/mol. The van der Waals surface area contributed by atoms with Crippen molar-refractivity contribution in [1.82, 2.24) is 4.98 Å². The third kappa shape index (κ3) is 2.24. The van der Waals surface area contributed by atoms with E-state index in [2.05, 4.69) is 43.1 Å². The van der Waals surface area contributed by atoms with Crippen LogP contribution in [-0.2, 0) is 6.54 Å². The molecule has 3 aromatic heterocycles. The predicted octanol–water partition coefficient (Wildman–Crippen LogP) is 5.39. The number of rotatable bonds is 3. The van der Waals surface area contributed by atoms with E-state index < -0.39 is 0 Å². The lowest BCUT2D eigenvalue weighted by Gasteiger charge is -1.98. The number of aryl methyl sites for hydroxylation is 2. The minimum Gasteiger partial charge on any atom is -0.354 e. The van der Waals surface area contributed by atoms with Crippen LogP contribution in [0.5, 0.6) is 0 Å². The second-order valence-corrected chi connectivity index (χ2v) is 8.44. The van der Waals surface area contributed by atoms with E-state index in [9.17, 15) is 4.79 Å². The van der Waals surface area contributed by atoms with Crippen LogP contribution in [-0.4, -0.2) is 10.8 Å². The Hall–Kier alpha value is -1.95. The number of fused-ring (bicyclic) bond motifs is 2. The number of hydrogen-bond acceptors (Lipinski definition) is 4. The van der Waals surface area contributed by atoms with Crippen LogP contribution >= 0.6 is 22.7 Å². The van der Waals surface area contributed by atoms with Crippen molar-refractivity contribution in [2.45, 2.75) is 27.3 Å². The molecule has 3 N–H and O–H groups in total. The molecule has 0 radical (unpaired) electrons. The molecule has 1 aromatic carbocycles. The first-order valence-corrected chi connectivity index (χ1v) is 9.48. The lowest BCUT2D eigenvalue weighted by Crippen LogP contribution is -1.94. The highest BCUT2D eigenvalue weighted by molar-refractivity contribution is 7.40. The first-order chi connectivity index (χ1) is 11.5. The molecule has 0 aliphatic carbocycles. The summed E-state index contributed by atoms with van der Waals surface area (Å²) in [4.78, 5) is 17.4. The molecule has 3 nitrogen and oxygen atoms in total. The van der Waals surface area contributed by atoms with Gasteiger partial charge in [-0.3, -0.25) is 4.79 Å². The van der Waals surface area contributed by atoms with E-state index in [1.807, 2.05) is 0 Å². The van der Waals surface area contributed by atoms with Crippen molar-refractivity contribution < 1.29 is 4.79 Å². The Kier molecular flexibility index (Phi) is 3.60. The molecule has 122 valence electrons. The molecule has 0 saturated heterocycles. The molecule has 4 aromatic rings. The molecule has 0 bridgehead atoms. The number of thiophene rings is 2. The summed E-state index contributed by atoms with van der Waals surface area (Å²) >= 11 is 3.38. The van der Waals surface area contributed by atoms with E-state index in [0.29, 0.717) is 6.54 Å². The van der Waals surface area contributed by atoms with Crippen LogP contribution in [0.25, 0.3) is 30.9 Å². The number of nitrogens with one attached hydrogen (secondary N) is 1. The zero-order chi connectivity index (χ0) is 17.0. The molecule has 0 atom stereocenters. The zero-order valence-corrected chi connectivity index (χ0v) is 15.5. The van der Waals surface area contributed by atoms with Crippen LogP contribution in [0.15, 0.2) is 24.3 Å². The molecule has 4 rings (SSSR count). The van der Waals surface area contributed by atoms with Crippen molar-refractivity contribution in [2.75, 3.05) is 0 Å². The lowest BCUT2D eigenvalue weighted by atomic mass is 10.1. The molecule has 0 fully saturated rings. The number of carbonyl (C=O) groups excluding carboxylic acids is 1. The van der Waals surface area contributed by atoms with Gasteiger partial charge in [-0.2, -0.15) is 0 Å². The smallest absolute Gasteiger partial charge is 0.170 e. The number of H-pyrrole nitrogens is 1. The molecule has 0 aliphatic heterocycles. The standard InChI is InChI=1S/C19H18N2OS2/c1-9-16-10(2)18(24-19(16)23-17(9)11(3)22)15-7-13-6-12(8-20)4-5-14(13)21-15/h4-7,21H,8,20H2,1-3H3. The summed E-state index contributed by atoms with van der Waals surface area (Å²) in [5.74, 6) is 0.154. The van der Waals surface area contributed by atoms with Gasteiger partial charge >= 0.3 is 0 Å². The Bertz CT molecular complexity index is 1100. The summed E-state index contributed by atoms with van der Waals surface area (Å²) < 4.78 is 1.23. The van der Waals surface area contributed by atoms with Gasteiger partial charge in [-0.25, -0.2) is 0 Å². The first kappa shape index (κ1) is 15.6. The van der Waals surface area contributed by atoms with E-state index in [0.717, 1.165) is 27.2 Å². The van der Waals surface area contributed by atoms with E-state index in [4.69, 9.17) is 5.73 Å². The van der Waals surface area contributed by atoms with E-state index in [1.54, 1.807) is 29.6 Å². The molecular formula is C19H18N2OS2. The molecule has 3 heterocycles. The summed E-state index contributed by atoms with van der Waals surface area (Å²) in [6, 6.07) is 8.48. The third-order valence-corrected chi connectivity index (χ3v) is 7.32. The number of hydrogen-bond donors (Lipinski definition) is 2. The molecule has 0 aliphatic rings. The van der Waals surface area contributed by atoms with Gasteiger partial charge < -0.3 is 10.7 Å². The van der Waals surface area contributed by atoms with Crippen LogP contribution in [0, 0.1) is 13.8 Å². The lowest BCUT2D eigenvalue weighted by molar-refractivity contribution is 0.102. The van der Waals surface area contributed by atoms with Gasteiger partial charge in [0.05, 0.1) is 19.5 Å². The number of Topliss-reactive ketones (excluding diaryl/α,β-unsaturated/α-hetero) is 1. The molecule has 5 heteroatoms. The highest BCUT2D eigenvalue weighted by atomic mass is 32.2. The highest BCUT2D eigenvalue weighted by Crippen LogP contribution is 2.45. The molecule has 0 amide bonds. The fourth-order valence-electron chi connectivity index (χ4n) is 3.30. The van der Waals surface area contributed by atoms with Crippen molar-refractivity contribution in [3.63, 3.8) is 0 Å². The maximum atomic E-state index is 11.8. The van der Waals surface area contributed by atoms with Gasteiger partial charge in [-0.05, 0) is 55.7 Å². The van der Waals surface area contributed by atoms with Gasteiger partial charge in [0.15, 0.2) is 5.78 Å². The molecule has 24 heavy (non-hydrogen) atoms. The summed E-state index contributed by atoms with van der Waals surface area (Å²) in [5, 5.41) is 2.43. The van der Waals surface area contributed by atoms with Crippen LogP contribution < -0.4 is 5.73 Å². The van der Waals surface area contributed by atoms with Crippen LogP contribution in [0.2, 0.25) is 0 Å². The Morgan fingerprint density at radius 3 is 2.62 bits per heavy atom. The fourth-order valence-corrected chi connectivity index (χ4v) is 6.03. The van der Waals surface area contributed by atoms with Gasteiger partial charge in [-0.1, -0.05) is 6.07 Å². The summed E-state index contributed by atoms with van der Waals surface area (Å²) in [5.41, 5.74) is 11.5. The summed E-state index contributed by atoms with van der Waals surface area (Å²) in [6.45, 7) is 6.40. The third-order valence-electron chi connectivity index (χ3n) is 4.51. The van der Waals surface area contributed by atoms with Crippen molar-refractivity contribution in [3.8, 4) is 10.6 Å². The summed E-state index contributed by atoms with van der Waals surface area (Å²) in [6.07, 6.45) is 0. The maximum Gasteiger partial charge on any atom is 0.170 e. The van der Waals surface area contributed by atoms with Gasteiger partial charge in [0.2, 0.25) is 0 Å². The Balaban J connectivity index is 1.90. The maximum absolute atomic E-state index is 11.8. The van der Waals surface area contributed by atoms with E-state index in [-0.39, 0.29) is 5.78 Å². The van der Waals surface area contributed by atoms with E-state index in [1.165, 1.54) is 25.2 Å². The van der Waals surface area contributed by atoms with Gasteiger partial charge in [0.1, 0.15) is 0 Å². The Morgan fingerprint density at radius 2 is 1.96 bits per heavy atom. The number of aromatic amines is 1. The molecule has 0 unspecified atom stereocenters. The number of benzene rings is 1. The Morgan fingerprint density at radius 1 is 1.17 bits per heavy atom. The van der Waals surface area contributed by atoms with Crippen molar-refractivity contribution >= 4 is 48.8 Å². The van der Waals surface area contributed by atoms with Crippen LogP contribution in [0.3, 0.4) is 0 Å². The normalized spacial score (nSPS) is 11.7. The molecular weight excluding hydrogens is 336 g/mol. The monoisotopic (exact) mass is 354 g/mol. The van der Waals surface area contributed by atoms with Crippen molar-refractivity contribution in [3.05, 3.63) is 45.8 Å². The first-order valence-electron chi connectivity index (χ1n) is 7.85. The largest absolute Gasteiger partial charge is 0.354 e. The van der Waals surface area contributed by atoms with Crippen LogP contribution in [0.1, 0.15) is 33.3 Å². The SMILES string of the molecule is CC(=O)c1sc2sc(-c3cc4cc(CN)ccc4[nH]3)c(C)c2c1C. The number of nitrogens with two attached hydrogens (primary N) is 1. The van der Waals surface area contributed by atoms with E-state index >= 15 is 0 Å². The minimum atomic E-state index is 0.154. The number of aromatic nitrogens is 1. The zero-order valence-electron chi connectivity index (χ0n) is 13.8. The topological polar surface area (TPSA) is 58.9 Å². The second kappa shape index (κ2) is 5.55. The average Bonchev–Trinajstić information content (AvgIpc) is 3.20. The van der Waals surface area contributed by atoms with Gasteiger partial charge in [0, 0.05) is 22.8 Å². The summed E-state index contributed by atoms with van der Waals surface area (Å²) in [7, 11) is 0. The van der Waals surface area contributed by atoms with Crippen molar-refractivity contribution in [1.29, 1.82) is 0 Å². The number of carbonyl (C=O) groups is 1. The molecule has 0 spiro atoms. The second-order valence-electron chi connectivity index (χ2n) is 6.14.